The Morgan fingerprint density at radius 1 is 1.20 bits per heavy atom. The Kier molecular flexibility index (Phi) is 186. The van der Waals surface area contributed by atoms with Crippen LogP contribution in [0, 0.1) is 0 Å². The molecule has 0 atom stereocenters. The second-order valence-electron chi connectivity index (χ2n) is 0. The minimum absolute atomic E-state index is 0. The van der Waals surface area contributed by atoms with Gasteiger partial charge in [-0.3, -0.25) is 0 Å². The first-order valence-corrected chi connectivity index (χ1v) is 0.842. The van der Waals surface area contributed by atoms with Gasteiger partial charge in [-0.2, -0.15) is 0 Å². The maximum absolute atomic E-state index is 8.25. The molecule has 5 heavy (non-hydrogen) atoms. The van der Waals surface area contributed by atoms with Crippen molar-refractivity contribution in [1.82, 2.24) is 0 Å². The van der Waals surface area contributed by atoms with Gasteiger partial charge in [0, 0.05) is 44.8 Å². The summed E-state index contributed by atoms with van der Waals surface area (Å²) in [7, 11) is 0. The van der Waals surface area contributed by atoms with Crippen molar-refractivity contribution in [3.63, 3.8) is 0 Å². The van der Waals surface area contributed by atoms with E-state index in [0.717, 1.165) is 20.4 Å². The molecule has 0 unspecified atom stereocenters. The summed E-state index contributed by atoms with van der Waals surface area (Å²) in [5.74, 6) is 0. The molecule has 0 N–H and O–H groups in total. The van der Waals surface area contributed by atoms with Gasteiger partial charge in [0.2, 0.25) is 0 Å². The fraction of sp³-hybridized carbons (Fsp3) is 0. The molecule has 0 heterocycles. The van der Waals surface area contributed by atoms with Crippen molar-refractivity contribution in [2.75, 3.05) is 0 Å². The van der Waals surface area contributed by atoms with Gasteiger partial charge in [0.05, 0.1) is 0 Å². The molecule has 0 aromatic carbocycles. The van der Waals surface area contributed by atoms with Crippen molar-refractivity contribution in [2.45, 2.75) is 0 Å². The molecule has 0 spiro atoms. The summed E-state index contributed by atoms with van der Waals surface area (Å²) in [6.45, 7) is 0. The van der Waals surface area contributed by atoms with E-state index in [1.54, 1.807) is 0 Å². The molecular weight excluding hydrogens is 366 g/mol. The quantitative estimate of drug-likeness (QED) is 0.485. The van der Waals surface area contributed by atoms with Crippen LogP contribution in [0.5, 0.6) is 0 Å². The van der Waals surface area contributed by atoms with Gasteiger partial charge < -0.3 is 0 Å². The Morgan fingerprint density at radius 3 is 1.20 bits per heavy atom. The predicted octanol–water partition coefficient (Wildman–Crippen LogP) is -1.31. The molecule has 1 nitrogen and oxygen atoms in total. The van der Waals surface area contributed by atoms with Crippen molar-refractivity contribution in [1.29, 1.82) is 0 Å². The van der Waals surface area contributed by atoms with Crippen molar-refractivity contribution in [3.05, 3.63) is 0 Å². The van der Waals surface area contributed by atoms with Crippen LogP contribution in [0.4, 0.5) is 0 Å². The summed E-state index contributed by atoms with van der Waals surface area (Å²) in [6.07, 6.45) is 0. The zero-order valence-corrected chi connectivity index (χ0v) is 11.8. The third-order valence-electron chi connectivity index (χ3n) is 0. The zero-order chi connectivity index (χ0) is 2.00. The largest absolute Gasteiger partial charge is 0.0125 e. The third kappa shape index (κ3) is 22.5. The monoisotopic (exact) mass is 369 g/mol. The molecule has 0 fully saturated rings. The number of hydrogen-bond acceptors (Lipinski definition) is 1. The summed E-state index contributed by atoms with van der Waals surface area (Å²) in [4.78, 5) is 0. The predicted molar refractivity (Wildman–Crippen MR) is 10.6 cm³/mol. The van der Waals surface area contributed by atoms with Gasteiger partial charge in [-0.05, 0) is 11.0 Å². The minimum Gasteiger partial charge on any atom is -0.0125 e. The van der Waals surface area contributed by atoms with Gasteiger partial charge in [-0.1, -0.05) is 0 Å². The fourth-order valence-electron chi connectivity index (χ4n) is 0. The van der Waals surface area contributed by atoms with Crippen molar-refractivity contribution >= 4 is 11.0 Å². The van der Waals surface area contributed by atoms with Crippen LogP contribution in [0.25, 0.3) is 0 Å². The second-order valence-corrected chi connectivity index (χ2v) is 0. The molecule has 5 heteroatoms. The molecule has 0 amide bonds. The molecule has 0 aliphatic heterocycles. The smallest absolute Gasteiger partial charge is 0 e. The van der Waals surface area contributed by atoms with Crippen LogP contribution >= 0.6 is 0 Å². The molecule has 0 rings (SSSR count). The van der Waals surface area contributed by atoms with Crippen LogP contribution in [-0.4, -0.2) is 11.0 Å². The first-order chi connectivity index (χ1) is 1.00. The van der Waals surface area contributed by atoms with Crippen molar-refractivity contribution in [3.8, 4) is 0 Å². The van der Waals surface area contributed by atoms with Gasteiger partial charge in [-0.25, -0.2) is 0 Å². The SMILES string of the molecule is [Nb].[O]=[Ti].[SiH3].[Ta]. The maximum atomic E-state index is 8.25. The molecule has 0 aromatic rings. The van der Waals surface area contributed by atoms with Gasteiger partial charge in [0.25, 0.3) is 0 Å². The first kappa shape index (κ1) is 27.0. The normalized spacial score (nSPS) is 0.600. The van der Waals surface area contributed by atoms with E-state index in [9.17, 15) is 0 Å². The Labute approximate surface area is 78.4 Å². The van der Waals surface area contributed by atoms with E-state index >= 15 is 0 Å². The average Bonchev–Trinajstić information content (AvgIpc) is 1.00. The molecule has 0 aliphatic carbocycles. The molecule has 0 bridgehead atoms. The summed E-state index contributed by atoms with van der Waals surface area (Å²) in [6, 6.07) is 0. The van der Waals surface area contributed by atoms with Crippen LogP contribution in [0.3, 0.4) is 0 Å². The minimum atomic E-state index is 0. The average molecular weight is 369 g/mol. The molecule has 27 valence electrons. The molecule has 0 saturated heterocycles. The van der Waals surface area contributed by atoms with Crippen molar-refractivity contribution < 1.29 is 68.5 Å². The molecule has 0 saturated carbocycles. The van der Waals surface area contributed by atoms with Crippen molar-refractivity contribution in [2.24, 2.45) is 0 Å². The Morgan fingerprint density at radius 2 is 1.20 bits per heavy atom. The topological polar surface area (TPSA) is 17.1 Å². The van der Waals surface area contributed by atoms with Crippen LogP contribution in [0.15, 0.2) is 0 Å². The van der Waals surface area contributed by atoms with Gasteiger partial charge in [-0.15, -0.1) is 0 Å². The van der Waals surface area contributed by atoms with Crippen LogP contribution in [0.2, 0.25) is 0 Å². The Hall–Kier alpha value is 2.21. The first-order valence-electron chi connectivity index (χ1n) is 0.204. The fourth-order valence-corrected chi connectivity index (χ4v) is 0. The molecule has 0 aromatic heterocycles. The number of rotatable bonds is 0. The van der Waals surface area contributed by atoms with E-state index in [0.29, 0.717) is 0 Å². The molecule has 0 aliphatic rings. The second kappa shape index (κ2) is 34.5. The summed E-state index contributed by atoms with van der Waals surface area (Å²) < 4.78 is 8.25. The van der Waals surface area contributed by atoms with E-state index in [4.69, 9.17) is 3.32 Å². The van der Waals surface area contributed by atoms with E-state index in [1.165, 1.54) is 0 Å². The van der Waals surface area contributed by atoms with Crippen LogP contribution in [0.1, 0.15) is 0 Å². The van der Waals surface area contributed by atoms with Crippen LogP contribution < -0.4 is 0 Å². The van der Waals surface area contributed by atoms with Gasteiger partial charge >= 0.3 is 23.7 Å². The Balaban J connectivity index is -0.00000000167. The summed E-state index contributed by atoms with van der Waals surface area (Å²) in [5, 5.41) is 0. The molecular formula is H3NbOSiTaTi. The standard InChI is InChI=1S/Nb.O.H3Si.Ta.Ti/h;;1H3;;. The van der Waals surface area contributed by atoms with Crippen LogP contribution in [-0.2, 0) is 68.5 Å². The summed E-state index contributed by atoms with van der Waals surface area (Å²) in [5.41, 5.74) is 0. The van der Waals surface area contributed by atoms with E-state index in [-0.39, 0.29) is 55.7 Å². The maximum Gasteiger partial charge on any atom is 0 e. The Bertz CT molecular complexity index is 11.6. The summed E-state index contributed by atoms with van der Waals surface area (Å²) >= 11 is 0.750. The van der Waals surface area contributed by atoms with Gasteiger partial charge in [0.1, 0.15) is 0 Å². The van der Waals surface area contributed by atoms with Gasteiger partial charge in [0.15, 0.2) is 0 Å². The number of hydrogen-bond donors (Lipinski definition) is 0. The molecule has 3 radical (unpaired) electrons. The van der Waals surface area contributed by atoms with E-state index in [2.05, 4.69) is 0 Å². The zero-order valence-electron chi connectivity index (χ0n) is 2.80. The third-order valence-corrected chi connectivity index (χ3v) is 0. The van der Waals surface area contributed by atoms with E-state index < -0.39 is 0 Å². The van der Waals surface area contributed by atoms with E-state index in [1.807, 2.05) is 0 Å².